The number of thioether (sulfide) groups is 1. The highest BCUT2D eigenvalue weighted by Crippen LogP contribution is 2.45. The van der Waals surface area contributed by atoms with E-state index >= 15 is 0 Å². The van der Waals surface area contributed by atoms with Crippen LogP contribution in [0, 0.1) is 0 Å². The van der Waals surface area contributed by atoms with E-state index in [2.05, 4.69) is 11.8 Å². The number of nitrogens with zero attached hydrogens (tertiary/aromatic N) is 2. The van der Waals surface area contributed by atoms with Gasteiger partial charge in [-0.1, -0.05) is 55.5 Å². The maximum absolute atomic E-state index is 13.2. The fourth-order valence-electron chi connectivity index (χ4n) is 4.58. The van der Waals surface area contributed by atoms with Crippen molar-refractivity contribution >= 4 is 23.6 Å². The monoisotopic (exact) mass is 408 g/mol. The first-order valence-electron chi connectivity index (χ1n) is 10.5. The van der Waals surface area contributed by atoms with Crippen LogP contribution >= 0.6 is 11.8 Å². The highest BCUT2D eigenvalue weighted by atomic mass is 32.2. The summed E-state index contributed by atoms with van der Waals surface area (Å²) in [5.41, 5.74) is 1.85. The Labute approximate surface area is 177 Å². The van der Waals surface area contributed by atoms with Crippen molar-refractivity contribution in [3.8, 4) is 0 Å². The lowest BCUT2D eigenvalue weighted by Gasteiger charge is -2.44. The molecule has 5 heteroatoms. The zero-order valence-electron chi connectivity index (χ0n) is 16.9. The number of hydrogen-bond acceptors (Lipinski definition) is 3. The first kappa shape index (κ1) is 20.0. The molecule has 4 nitrogen and oxygen atoms in total. The van der Waals surface area contributed by atoms with Gasteiger partial charge < -0.3 is 9.80 Å². The number of hydrogen-bond donors (Lipinski definition) is 0. The van der Waals surface area contributed by atoms with E-state index in [0.717, 1.165) is 42.7 Å². The highest BCUT2D eigenvalue weighted by molar-refractivity contribution is 8.00. The fourth-order valence-corrected chi connectivity index (χ4v) is 6.04. The molecule has 29 heavy (non-hydrogen) atoms. The number of likely N-dealkylation sites (tertiary alicyclic amines) is 1. The molecule has 0 N–H and O–H groups in total. The Morgan fingerprint density at radius 2 is 1.59 bits per heavy atom. The van der Waals surface area contributed by atoms with E-state index in [1.807, 2.05) is 77.3 Å². The molecule has 0 bridgehead atoms. The Bertz CT molecular complexity index is 848. The van der Waals surface area contributed by atoms with Crippen molar-refractivity contribution in [2.45, 2.75) is 37.0 Å². The molecule has 2 aromatic rings. The van der Waals surface area contributed by atoms with E-state index in [1.165, 1.54) is 0 Å². The Hall–Kier alpha value is -2.27. The molecule has 152 valence electrons. The Balaban J connectivity index is 1.45. The van der Waals surface area contributed by atoms with Gasteiger partial charge in [0.2, 0.25) is 5.91 Å². The van der Waals surface area contributed by atoms with Crippen molar-refractivity contribution in [3.05, 3.63) is 71.8 Å². The van der Waals surface area contributed by atoms with Crippen LogP contribution in [0.3, 0.4) is 0 Å². The van der Waals surface area contributed by atoms with Crippen LogP contribution in [0.15, 0.2) is 60.7 Å². The fraction of sp³-hybridized carbons (Fsp3) is 0.417. The van der Waals surface area contributed by atoms with E-state index in [4.69, 9.17) is 0 Å². The molecule has 0 aliphatic carbocycles. The molecule has 2 heterocycles. The van der Waals surface area contributed by atoms with Gasteiger partial charge in [0, 0.05) is 31.0 Å². The summed E-state index contributed by atoms with van der Waals surface area (Å²) in [6, 6.07) is 19.6. The minimum Gasteiger partial charge on any atom is -0.342 e. The largest absolute Gasteiger partial charge is 0.342 e. The van der Waals surface area contributed by atoms with Gasteiger partial charge in [-0.2, -0.15) is 0 Å². The molecule has 4 rings (SSSR count). The van der Waals surface area contributed by atoms with Crippen LogP contribution in [0.4, 0.5) is 0 Å². The first-order valence-corrected chi connectivity index (χ1v) is 11.5. The summed E-state index contributed by atoms with van der Waals surface area (Å²) in [5.74, 6) is 1.22. The van der Waals surface area contributed by atoms with Crippen LogP contribution in [0.1, 0.15) is 48.0 Å². The molecule has 2 fully saturated rings. The topological polar surface area (TPSA) is 40.6 Å². The minimum absolute atomic E-state index is 0.0801. The lowest BCUT2D eigenvalue weighted by Crippen LogP contribution is -2.54. The molecule has 1 atom stereocenters. The predicted molar refractivity (Wildman–Crippen MR) is 118 cm³/mol. The molecule has 0 aromatic heterocycles. The van der Waals surface area contributed by atoms with E-state index in [9.17, 15) is 9.59 Å². The van der Waals surface area contributed by atoms with Crippen LogP contribution in [-0.4, -0.2) is 51.9 Å². The number of carbonyl (C=O) groups is 2. The van der Waals surface area contributed by atoms with Crippen LogP contribution in [0.5, 0.6) is 0 Å². The zero-order chi connectivity index (χ0) is 20.3. The normalized spacial score (nSPS) is 19.3. The van der Waals surface area contributed by atoms with Gasteiger partial charge in [0.15, 0.2) is 0 Å². The molecule has 1 spiro atoms. The maximum atomic E-state index is 13.2. The van der Waals surface area contributed by atoms with Crippen molar-refractivity contribution in [1.82, 2.24) is 9.80 Å². The molecular formula is C24H28N2O2S. The van der Waals surface area contributed by atoms with Gasteiger partial charge in [0.1, 0.15) is 0 Å². The Morgan fingerprint density at radius 3 is 2.21 bits per heavy atom. The molecule has 0 saturated carbocycles. The zero-order valence-corrected chi connectivity index (χ0v) is 17.7. The molecule has 2 saturated heterocycles. The van der Waals surface area contributed by atoms with E-state index in [0.29, 0.717) is 13.1 Å². The standard InChI is InChI=1S/C24H28N2O2S/c1-2-21(19-9-5-3-6-10-19)23(28)25-15-13-24(14-16-25)26(17-18-29-24)22(27)20-11-7-4-8-12-20/h3-12,21H,2,13-18H2,1H3. The lowest BCUT2D eigenvalue weighted by molar-refractivity contribution is -0.134. The van der Waals surface area contributed by atoms with Crippen LogP contribution in [-0.2, 0) is 4.79 Å². The van der Waals surface area contributed by atoms with Gasteiger partial charge in [-0.05, 0) is 37.0 Å². The van der Waals surface area contributed by atoms with Gasteiger partial charge in [-0.3, -0.25) is 9.59 Å². The second kappa shape index (κ2) is 8.62. The number of benzene rings is 2. The smallest absolute Gasteiger partial charge is 0.254 e. The lowest BCUT2D eigenvalue weighted by atomic mass is 9.93. The van der Waals surface area contributed by atoms with Crippen molar-refractivity contribution in [2.75, 3.05) is 25.4 Å². The second-order valence-electron chi connectivity index (χ2n) is 7.81. The van der Waals surface area contributed by atoms with Crippen molar-refractivity contribution < 1.29 is 9.59 Å². The molecule has 2 amide bonds. The average Bonchev–Trinajstić information content (AvgIpc) is 3.18. The van der Waals surface area contributed by atoms with Gasteiger partial charge >= 0.3 is 0 Å². The van der Waals surface area contributed by atoms with Crippen LogP contribution in [0.25, 0.3) is 0 Å². The van der Waals surface area contributed by atoms with Crippen molar-refractivity contribution in [2.24, 2.45) is 0 Å². The third-order valence-electron chi connectivity index (χ3n) is 6.21. The third kappa shape index (κ3) is 3.93. The molecule has 0 radical (unpaired) electrons. The molecule has 1 unspecified atom stereocenters. The molecule has 2 aromatic carbocycles. The second-order valence-corrected chi connectivity index (χ2v) is 9.27. The van der Waals surface area contributed by atoms with E-state index in [1.54, 1.807) is 0 Å². The number of piperidine rings is 1. The van der Waals surface area contributed by atoms with E-state index in [-0.39, 0.29) is 22.6 Å². The summed E-state index contributed by atoms with van der Waals surface area (Å²) in [7, 11) is 0. The Morgan fingerprint density at radius 1 is 0.966 bits per heavy atom. The SMILES string of the molecule is CCC(C(=O)N1CCC2(CC1)SCCN2C(=O)c1ccccc1)c1ccccc1. The first-order chi connectivity index (χ1) is 14.1. The molecular weight excluding hydrogens is 380 g/mol. The summed E-state index contributed by atoms with van der Waals surface area (Å²) in [6.07, 6.45) is 2.48. The predicted octanol–water partition coefficient (Wildman–Crippen LogP) is 4.39. The van der Waals surface area contributed by atoms with Gasteiger partial charge in [-0.15, -0.1) is 11.8 Å². The highest BCUT2D eigenvalue weighted by Gasteiger charge is 2.47. The molecule has 2 aliphatic rings. The Kier molecular flexibility index (Phi) is 5.95. The van der Waals surface area contributed by atoms with E-state index < -0.39 is 0 Å². The summed E-state index contributed by atoms with van der Waals surface area (Å²) in [6.45, 7) is 4.30. The van der Waals surface area contributed by atoms with Crippen LogP contribution in [0.2, 0.25) is 0 Å². The summed E-state index contributed by atoms with van der Waals surface area (Å²) in [4.78, 5) is 30.2. The van der Waals surface area contributed by atoms with Gasteiger partial charge in [0.25, 0.3) is 5.91 Å². The van der Waals surface area contributed by atoms with Gasteiger partial charge in [0.05, 0.1) is 10.8 Å². The summed E-state index contributed by atoms with van der Waals surface area (Å²) in [5, 5.41) is 0. The number of amides is 2. The van der Waals surface area contributed by atoms with Gasteiger partial charge in [-0.25, -0.2) is 0 Å². The average molecular weight is 409 g/mol. The maximum Gasteiger partial charge on any atom is 0.254 e. The number of carbonyl (C=O) groups excluding carboxylic acids is 2. The molecule has 2 aliphatic heterocycles. The van der Waals surface area contributed by atoms with Crippen molar-refractivity contribution in [1.29, 1.82) is 0 Å². The number of rotatable bonds is 4. The summed E-state index contributed by atoms with van der Waals surface area (Å²) < 4.78 is 0. The van der Waals surface area contributed by atoms with Crippen molar-refractivity contribution in [3.63, 3.8) is 0 Å². The minimum atomic E-state index is -0.168. The van der Waals surface area contributed by atoms with Crippen LogP contribution < -0.4 is 0 Å². The summed E-state index contributed by atoms with van der Waals surface area (Å²) >= 11 is 1.89. The quantitative estimate of drug-likeness (QED) is 0.753. The third-order valence-corrected chi connectivity index (χ3v) is 7.76.